The topological polar surface area (TPSA) is 108 Å². The van der Waals surface area contributed by atoms with Gasteiger partial charge in [-0.25, -0.2) is 4.79 Å². The fourth-order valence-corrected chi connectivity index (χ4v) is 2.90. The Labute approximate surface area is 163 Å². The largest absolute Gasteiger partial charge is 0.452 e. The first-order chi connectivity index (χ1) is 13.3. The molecule has 2 rings (SSSR count). The predicted molar refractivity (Wildman–Crippen MR) is 102 cm³/mol. The molecule has 0 aliphatic heterocycles. The Hall–Kier alpha value is -3.23. The third kappa shape index (κ3) is 4.73. The molecule has 0 saturated heterocycles. The summed E-state index contributed by atoms with van der Waals surface area (Å²) in [6.07, 6.45) is 0. The van der Waals surface area contributed by atoms with E-state index < -0.39 is 10.9 Å². The first-order valence-electron chi connectivity index (χ1n) is 9.00. The van der Waals surface area contributed by atoms with Crippen LogP contribution in [0, 0.1) is 24.0 Å². The van der Waals surface area contributed by atoms with Crippen molar-refractivity contribution >= 4 is 17.6 Å². The van der Waals surface area contributed by atoms with Gasteiger partial charge in [0.15, 0.2) is 6.61 Å². The lowest BCUT2D eigenvalue weighted by molar-refractivity contribution is -0.386. The van der Waals surface area contributed by atoms with Crippen LogP contribution in [0.15, 0.2) is 24.3 Å². The molecule has 1 amide bonds. The van der Waals surface area contributed by atoms with Crippen molar-refractivity contribution < 1.29 is 19.2 Å². The lowest BCUT2D eigenvalue weighted by Crippen LogP contribution is -2.34. The molecule has 0 bridgehead atoms. The second kappa shape index (κ2) is 9.12. The fourth-order valence-electron chi connectivity index (χ4n) is 2.90. The van der Waals surface area contributed by atoms with Gasteiger partial charge in [0.2, 0.25) is 0 Å². The lowest BCUT2D eigenvalue weighted by atomic mass is 10.1. The molecule has 150 valence electrons. The molecule has 0 atom stereocenters. The van der Waals surface area contributed by atoms with Crippen molar-refractivity contribution in [3.63, 3.8) is 0 Å². The van der Waals surface area contributed by atoms with Crippen LogP contribution in [-0.4, -0.2) is 51.2 Å². The Morgan fingerprint density at radius 1 is 1.18 bits per heavy atom. The quantitative estimate of drug-likeness (QED) is 0.391. The average molecular weight is 388 g/mol. The molecule has 0 saturated carbocycles. The highest BCUT2D eigenvalue weighted by Crippen LogP contribution is 2.22. The van der Waals surface area contributed by atoms with Gasteiger partial charge in [0.1, 0.15) is 11.4 Å². The molecule has 0 aliphatic carbocycles. The van der Waals surface area contributed by atoms with Gasteiger partial charge in [0.05, 0.1) is 17.0 Å². The fraction of sp³-hybridized carbons (Fsp3) is 0.421. The molecule has 2 aromatic rings. The van der Waals surface area contributed by atoms with E-state index in [0.717, 1.165) is 5.56 Å². The van der Waals surface area contributed by atoms with Crippen LogP contribution in [0.4, 0.5) is 5.69 Å². The van der Waals surface area contributed by atoms with E-state index in [2.05, 4.69) is 5.10 Å². The molecule has 0 fully saturated rings. The minimum Gasteiger partial charge on any atom is -0.452 e. The van der Waals surface area contributed by atoms with E-state index in [0.29, 0.717) is 36.6 Å². The molecule has 1 aromatic heterocycles. The Kier molecular flexibility index (Phi) is 6.86. The number of benzene rings is 1. The van der Waals surface area contributed by atoms with Crippen molar-refractivity contribution in [3.8, 4) is 0 Å². The third-order valence-corrected chi connectivity index (χ3v) is 4.49. The molecule has 0 radical (unpaired) electrons. The zero-order valence-corrected chi connectivity index (χ0v) is 16.5. The van der Waals surface area contributed by atoms with Crippen molar-refractivity contribution in [2.24, 2.45) is 0 Å². The summed E-state index contributed by atoms with van der Waals surface area (Å²) in [5.74, 6) is -0.810. The molecule has 0 N–H and O–H groups in total. The van der Waals surface area contributed by atoms with Crippen LogP contribution >= 0.6 is 0 Å². The summed E-state index contributed by atoms with van der Waals surface area (Å²) in [6, 6.07) is 6.65. The lowest BCUT2D eigenvalue weighted by Gasteiger charge is -2.18. The van der Waals surface area contributed by atoms with Crippen molar-refractivity contribution in [2.75, 3.05) is 19.7 Å². The molecule has 0 spiro atoms. The normalized spacial score (nSPS) is 10.6. The van der Waals surface area contributed by atoms with Crippen LogP contribution in [-0.2, 0) is 16.1 Å². The predicted octanol–water partition coefficient (Wildman–Crippen LogP) is 2.48. The summed E-state index contributed by atoms with van der Waals surface area (Å²) in [5, 5.41) is 15.3. The summed E-state index contributed by atoms with van der Waals surface area (Å²) in [5.41, 5.74) is 2.01. The molecule has 1 heterocycles. The first-order valence-corrected chi connectivity index (χ1v) is 9.00. The van der Waals surface area contributed by atoms with E-state index >= 15 is 0 Å². The third-order valence-electron chi connectivity index (χ3n) is 4.49. The van der Waals surface area contributed by atoms with Crippen LogP contribution in [0.1, 0.15) is 41.2 Å². The number of rotatable bonds is 8. The number of likely N-dealkylation sites (N-methyl/N-ethyl adjacent to an activating group) is 1. The van der Waals surface area contributed by atoms with Crippen molar-refractivity contribution in [1.29, 1.82) is 0 Å². The maximum atomic E-state index is 12.1. The van der Waals surface area contributed by atoms with Crippen molar-refractivity contribution in [1.82, 2.24) is 14.7 Å². The van der Waals surface area contributed by atoms with Crippen LogP contribution in [0.25, 0.3) is 0 Å². The van der Waals surface area contributed by atoms with Gasteiger partial charge in [-0.3, -0.25) is 19.6 Å². The van der Waals surface area contributed by atoms with Crippen molar-refractivity contribution in [2.45, 2.75) is 34.2 Å². The Morgan fingerprint density at radius 2 is 1.79 bits per heavy atom. The summed E-state index contributed by atoms with van der Waals surface area (Å²) < 4.78 is 6.63. The number of nitrogens with zero attached hydrogens (tertiary/aromatic N) is 4. The highest BCUT2D eigenvalue weighted by Gasteiger charge is 2.21. The van der Waals surface area contributed by atoms with Gasteiger partial charge >= 0.3 is 11.7 Å². The van der Waals surface area contributed by atoms with E-state index in [4.69, 9.17) is 4.74 Å². The molecule has 28 heavy (non-hydrogen) atoms. The second-order valence-electron chi connectivity index (χ2n) is 6.27. The van der Waals surface area contributed by atoms with Gasteiger partial charge in [-0.2, -0.15) is 5.10 Å². The maximum absolute atomic E-state index is 12.1. The van der Waals surface area contributed by atoms with Crippen LogP contribution in [0.2, 0.25) is 0 Å². The smallest absolute Gasteiger partial charge is 0.338 e. The summed E-state index contributed by atoms with van der Waals surface area (Å²) in [6.45, 7) is 8.14. The van der Waals surface area contributed by atoms with Gasteiger partial charge in [-0.1, -0.05) is 12.1 Å². The number of aryl methyl sites for hydroxylation is 1. The van der Waals surface area contributed by atoms with Gasteiger partial charge in [-0.05, 0) is 45.4 Å². The number of carbonyl (C=O) groups is 2. The van der Waals surface area contributed by atoms with E-state index in [1.165, 1.54) is 0 Å². The second-order valence-corrected chi connectivity index (χ2v) is 6.27. The summed E-state index contributed by atoms with van der Waals surface area (Å²) in [7, 11) is 0. The van der Waals surface area contributed by atoms with E-state index in [9.17, 15) is 19.7 Å². The molecular formula is C19H24N4O5. The number of esters is 1. The molecule has 9 nitrogen and oxygen atoms in total. The van der Waals surface area contributed by atoms with Crippen molar-refractivity contribution in [3.05, 3.63) is 56.9 Å². The van der Waals surface area contributed by atoms with Gasteiger partial charge in [0.25, 0.3) is 5.91 Å². The number of ether oxygens (including phenoxy) is 1. The molecule has 0 unspecified atom stereocenters. The average Bonchev–Trinajstić information content (AvgIpc) is 2.94. The number of amides is 1. The highest BCUT2D eigenvalue weighted by atomic mass is 16.6. The first kappa shape index (κ1) is 21.1. The zero-order chi connectivity index (χ0) is 20.8. The van der Waals surface area contributed by atoms with Gasteiger partial charge in [0, 0.05) is 13.1 Å². The van der Waals surface area contributed by atoms with E-state index in [1.807, 2.05) is 13.8 Å². The molecule has 1 aromatic carbocycles. The van der Waals surface area contributed by atoms with E-state index in [-0.39, 0.29) is 18.2 Å². The Morgan fingerprint density at radius 3 is 2.29 bits per heavy atom. The molecule has 0 aliphatic rings. The summed E-state index contributed by atoms with van der Waals surface area (Å²) in [4.78, 5) is 36.2. The number of nitro groups is 1. The highest BCUT2D eigenvalue weighted by molar-refractivity contribution is 5.91. The van der Waals surface area contributed by atoms with E-state index in [1.54, 1.807) is 47.7 Å². The van der Waals surface area contributed by atoms with Crippen LogP contribution in [0.5, 0.6) is 0 Å². The number of carbonyl (C=O) groups excluding carboxylic acids is 2. The number of hydrogen-bond donors (Lipinski definition) is 0. The number of aromatic nitrogens is 2. The van der Waals surface area contributed by atoms with Gasteiger partial charge < -0.3 is 9.64 Å². The van der Waals surface area contributed by atoms with Gasteiger partial charge in [-0.15, -0.1) is 0 Å². The number of hydrogen-bond acceptors (Lipinski definition) is 6. The van der Waals surface area contributed by atoms with Crippen LogP contribution < -0.4 is 0 Å². The standard InChI is InChI=1S/C19H24N4O5/c1-5-21(6-2)17(24)12-28-19(25)16-9-7-15(8-10-16)11-22-14(4)18(23(26)27)13(3)20-22/h7-10H,5-6,11-12H2,1-4H3. The minimum absolute atomic E-state index is 0.0121. The Balaban J connectivity index is 2.02. The SMILES string of the molecule is CCN(CC)C(=O)COC(=O)c1ccc(Cn2nc(C)c([N+](=O)[O-])c2C)cc1. The Bertz CT molecular complexity index is 869. The summed E-state index contributed by atoms with van der Waals surface area (Å²) >= 11 is 0. The molecular weight excluding hydrogens is 364 g/mol. The molecule has 9 heteroatoms. The monoisotopic (exact) mass is 388 g/mol. The zero-order valence-electron chi connectivity index (χ0n) is 16.5. The van der Waals surface area contributed by atoms with Crippen LogP contribution in [0.3, 0.4) is 0 Å². The maximum Gasteiger partial charge on any atom is 0.338 e. The minimum atomic E-state index is -0.575.